The average molecular weight is 361 g/mol. The summed E-state index contributed by atoms with van der Waals surface area (Å²) >= 11 is 5.74. The molecule has 0 radical (unpaired) electrons. The summed E-state index contributed by atoms with van der Waals surface area (Å²) in [6, 6.07) is 3.13. The summed E-state index contributed by atoms with van der Waals surface area (Å²) in [6.45, 7) is 4.38. The largest absolute Gasteiger partial charge is 0.396 e. The second kappa shape index (κ2) is 8.41. The van der Waals surface area contributed by atoms with Gasteiger partial charge >= 0.3 is 0 Å². The zero-order valence-electron chi connectivity index (χ0n) is 13.8. The van der Waals surface area contributed by atoms with Gasteiger partial charge in [-0.25, -0.2) is 4.39 Å². The highest BCUT2D eigenvalue weighted by molar-refractivity contribution is 6.31. The van der Waals surface area contributed by atoms with Gasteiger partial charge in [0.05, 0.1) is 12.2 Å². The van der Waals surface area contributed by atoms with Crippen molar-refractivity contribution in [2.75, 3.05) is 13.2 Å². The van der Waals surface area contributed by atoms with Crippen molar-refractivity contribution in [3.05, 3.63) is 34.6 Å². The summed E-state index contributed by atoms with van der Waals surface area (Å²) in [5, 5.41) is 24.2. The average Bonchev–Trinajstić information content (AvgIpc) is 2.53. The fourth-order valence-corrected chi connectivity index (χ4v) is 1.99. The Labute approximate surface area is 145 Å². The number of carbonyl (C=O) groups is 2. The minimum absolute atomic E-state index is 0.0331. The van der Waals surface area contributed by atoms with E-state index in [9.17, 15) is 19.1 Å². The van der Waals surface area contributed by atoms with Crippen LogP contribution in [0, 0.1) is 11.2 Å². The van der Waals surface area contributed by atoms with Gasteiger partial charge in [0, 0.05) is 23.0 Å². The zero-order chi connectivity index (χ0) is 18.5. The fourth-order valence-electron chi connectivity index (χ4n) is 1.82. The number of nitrogens with one attached hydrogen (secondary N) is 2. The monoisotopic (exact) mass is 360 g/mol. The Morgan fingerprint density at radius 1 is 1.38 bits per heavy atom. The summed E-state index contributed by atoms with van der Waals surface area (Å²) in [5.74, 6) is -2.02. The van der Waals surface area contributed by atoms with Crippen LogP contribution >= 0.6 is 11.6 Å². The van der Waals surface area contributed by atoms with E-state index < -0.39 is 35.2 Å². The van der Waals surface area contributed by atoms with E-state index in [1.54, 1.807) is 20.8 Å². The van der Waals surface area contributed by atoms with Crippen molar-refractivity contribution >= 4 is 23.4 Å². The summed E-state index contributed by atoms with van der Waals surface area (Å²) in [4.78, 5) is 23.9. The number of rotatable bonds is 7. The molecule has 2 atom stereocenters. The third kappa shape index (κ3) is 5.43. The molecular weight excluding hydrogens is 339 g/mol. The van der Waals surface area contributed by atoms with Crippen LogP contribution in [-0.4, -0.2) is 47.3 Å². The number of hydrogen-bond acceptors (Lipinski definition) is 4. The number of hydrogen-bond donors (Lipinski definition) is 4. The van der Waals surface area contributed by atoms with Crippen LogP contribution in [0.15, 0.2) is 18.2 Å². The maximum absolute atomic E-state index is 13.6. The van der Waals surface area contributed by atoms with Gasteiger partial charge < -0.3 is 20.8 Å². The van der Waals surface area contributed by atoms with Gasteiger partial charge in [0.15, 0.2) is 0 Å². The van der Waals surface area contributed by atoms with Gasteiger partial charge in [0.25, 0.3) is 5.91 Å². The molecule has 0 saturated heterocycles. The molecule has 0 aliphatic heterocycles. The Hall–Kier alpha value is -1.70. The van der Waals surface area contributed by atoms with Crippen LogP contribution in [0.4, 0.5) is 4.39 Å². The lowest BCUT2D eigenvalue weighted by Gasteiger charge is -2.27. The number of carbonyl (C=O) groups excluding carboxylic acids is 2. The van der Waals surface area contributed by atoms with E-state index in [0.29, 0.717) is 0 Å². The van der Waals surface area contributed by atoms with E-state index >= 15 is 0 Å². The number of aliphatic hydroxyl groups excluding tert-OH is 2. The first-order valence-corrected chi connectivity index (χ1v) is 7.79. The normalized spacial score (nSPS) is 14.0. The molecule has 0 spiro atoms. The van der Waals surface area contributed by atoms with Crippen molar-refractivity contribution in [2.24, 2.45) is 5.41 Å². The molecule has 2 unspecified atom stereocenters. The van der Waals surface area contributed by atoms with Crippen molar-refractivity contribution in [2.45, 2.75) is 32.9 Å². The molecule has 1 rings (SSSR count). The van der Waals surface area contributed by atoms with Gasteiger partial charge in [-0.2, -0.15) is 0 Å². The second-order valence-corrected chi connectivity index (χ2v) is 6.73. The lowest BCUT2D eigenvalue weighted by Crippen LogP contribution is -2.49. The molecule has 2 amide bonds. The van der Waals surface area contributed by atoms with E-state index in [0.717, 1.165) is 6.07 Å². The van der Waals surface area contributed by atoms with Crippen molar-refractivity contribution < 1.29 is 24.2 Å². The van der Waals surface area contributed by atoms with Crippen LogP contribution in [0.3, 0.4) is 0 Å². The Balaban J connectivity index is 2.57. The van der Waals surface area contributed by atoms with E-state index in [1.165, 1.54) is 12.1 Å². The molecule has 1 aromatic rings. The van der Waals surface area contributed by atoms with Crippen molar-refractivity contribution in [3.63, 3.8) is 0 Å². The number of amides is 2. The van der Waals surface area contributed by atoms with Crippen LogP contribution < -0.4 is 10.6 Å². The first kappa shape index (κ1) is 20.3. The molecule has 4 N–H and O–H groups in total. The third-order valence-electron chi connectivity index (χ3n) is 3.53. The maximum Gasteiger partial charge on any atom is 0.254 e. The SMILES string of the molecule is CC(CNC(=O)C(O)C(C)(C)CO)NC(=O)c1cc(Cl)ccc1F. The lowest BCUT2D eigenvalue weighted by molar-refractivity contribution is -0.137. The number of aliphatic hydroxyl groups is 2. The van der Waals surface area contributed by atoms with Crippen molar-refractivity contribution in [3.8, 4) is 0 Å². The molecule has 0 saturated carbocycles. The molecule has 0 heterocycles. The molecule has 1 aromatic carbocycles. The molecule has 0 aliphatic rings. The van der Waals surface area contributed by atoms with Crippen molar-refractivity contribution in [1.82, 2.24) is 10.6 Å². The van der Waals surface area contributed by atoms with Crippen LogP contribution in [0.2, 0.25) is 5.02 Å². The van der Waals surface area contributed by atoms with E-state index in [-0.39, 0.29) is 23.7 Å². The Bertz CT molecular complexity index is 610. The van der Waals surface area contributed by atoms with Crippen LogP contribution in [0.25, 0.3) is 0 Å². The summed E-state index contributed by atoms with van der Waals surface area (Å²) in [6.07, 6.45) is -1.39. The van der Waals surface area contributed by atoms with Gasteiger partial charge in [-0.3, -0.25) is 9.59 Å². The van der Waals surface area contributed by atoms with Crippen LogP contribution in [-0.2, 0) is 4.79 Å². The topological polar surface area (TPSA) is 98.7 Å². The predicted octanol–water partition coefficient (Wildman–Crippen LogP) is 1.09. The summed E-state index contributed by atoms with van der Waals surface area (Å²) in [5.41, 5.74) is -1.18. The Morgan fingerprint density at radius 2 is 2.00 bits per heavy atom. The zero-order valence-corrected chi connectivity index (χ0v) is 14.5. The molecule has 24 heavy (non-hydrogen) atoms. The molecule has 6 nitrogen and oxygen atoms in total. The highest BCUT2D eigenvalue weighted by atomic mass is 35.5. The van der Waals surface area contributed by atoms with Gasteiger partial charge in [0.1, 0.15) is 11.9 Å². The Kier molecular flexibility index (Phi) is 7.13. The van der Waals surface area contributed by atoms with Crippen molar-refractivity contribution in [1.29, 1.82) is 0 Å². The molecule has 0 bridgehead atoms. The molecule has 0 fully saturated rings. The van der Waals surface area contributed by atoms with Crippen LogP contribution in [0.1, 0.15) is 31.1 Å². The molecule has 134 valence electrons. The molecule has 0 aromatic heterocycles. The van der Waals surface area contributed by atoms with Gasteiger partial charge in [0.2, 0.25) is 5.91 Å². The predicted molar refractivity (Wildman–Crippen MR) is 88.2 cm³/mol. The fraction of sp³-hybridized carbons (Fsp3) is 0.500. The quantitative estimate of drug-likeness (QED) is 0.585. The first-order chi connectivity index (χ1) is 11.1. The minimum Gasteiger partial charge on any atom is -0.396 e. The van der Waals surface area contributed by atoms with Gasteiger partial charge in [-0.15, -0.1) is 0 Å². The molecule has 8 heteroatoms. The smallest absolute Gasteiger partial charge is 0.254 e. The van der Waals surface area contributed by atoms with E-state index in [1.807, 2.05) is 0 Å². The lowest BCUT2D eigenvalue weighted by atomic mass is 9.87. The standard InChI is InChI=1S/C16H22ClFN2O4/c1-9(7-19-15(24)13(22)16(2,3)8-21)20-14(23)11-6-10(17)4-5-12(11)18/h4-6,9,13,21-22H,7-8H2,1-3H3,(H,19,24)(H,20,23). The minimum atomic E-state index is -1.39. The number of benzene rings is 1. The van der Waals surface area contributed by atoms with E-state index in [2.05, 4.69) is 10.6 Å². The summed E-state index contributed by atoms with van der Waals surface area (Å²) < 4.78 is 13.6. The summed E-state index contributed by atoms with van der Waals surface area (Å²) in [7, 11) is 0. The molecule has 0 aliphatic carbocycles. The van der Waals surface area contributed by atoms with Gasteiger partial charge in [-0.1, -0.05) is 25.4 Å². The highest BCUT2D eigenvalue weighted by Gasteiger charge is 2.33. The highest BCUT2D eigenvalue weighted by Crippen LogP contribution is 2.19. The van der Waals surface area contributed by atoms with Gasteiger partial charge in [-0.05, 0) is 25.1 Å². The molecular formula is C16H22ClFN2O4. The van der Waals surface area contributed by atoms with Crippen LogP contribution in [0.5, 0.6) is 0 Å². The maximum atomic E-state index is 13.6. The third-order valence-corrected chi connectivity index (χ3v) is 3.76. The first-order valence-electron chi connectivity index (χ1n) is 7.41. The Morgan fingerprint density at radius 3 is 2.58 bits per heavy atom. The second-order valence-electron chi connectivity index (χ2n) is 6.29. The van der Waals surface area contributed by atoms with E-state index in [4.69, 9.17) is 16.7 Å². The number of halogens is 2.